The van der Waals surface area contributed by atoms with Gasteiger partial charge in [0.2, 0.25) is 0 Å². The molecule has 150 valence electrons. The van der Waals surface area contributed by atoms with Crippen LogP contribution in [0.5, 0.6) is 6.01 Å². The largest absolute Gasteiger partial charge is 0.478 e. The molecule has 3 aromatic rings. The van der Waals surface area contributed by atoms with Crippen LogP contribution in [0.4, 0.5) is 0 Å². The molecule has 3 rings (SSSR count). The normalized spacial score (nSPS) is 11.1. The Morgan fingerprint density at radius 3 is 2.62 bits per heavy atom. The summed E-state index contributed by atoms with van der Waals surface area (Å²) in [6.07, 6.45) is 5.61. The third-order valence-electron chi connectivity index (χ3n) is 4.46. The van der Waals surface area contributed by atoms with Crippen LogP contribution in [-0.2, 0) is 13.0 Å². The van der Waals surface area contributed by atoms with Crippen molar-refractivity contribution >= 4 is 5.97 Å². The van der Waals surface area contributed by atoms with Gasteiger partial charge in [-0.25, -0.2) is 9.48 Å². The molecule has 1 N–H and O–H groups in total. The van der Waals surface area contributed by atoms with Gasteiger partial charge in [0.1, 0.15) is 5.82 Å². The van der Waals surface area contributed by atoms with E-state index in [4.69, 9.17) is 4.74 Å². The van der Waals surface area contributed by atoms with Crippen molar-refractivity contribution in [2.75, 3.05) is 6.61 Å². The van der Waals surface area contributed by atoms with Gasteiger partial charge in [-0.2, -0.15) is 4.98 Å². The number of aromatic nitrogens is 3. The fraction of sp³-hybridized carbons (Fsp3) is 0.261. The molecule has 1 heterocycles. The molecule has 0 saturated carbocycles. The molecule has 0 atom stereocenters. The summed E-state index contributed by atoms with van der Waals surface area (Å²) in [6.45, 7) is 5.17. The maximum atomic E-state index is 11.5. The molecule has 29 heavy (non-hydrogen) atoms. The van der Waals surface area contributed by atoms with Gasteiger partial charge in [-0.05, 0) is 36.1 Å². The summed E-state index contributed by atoms with van der Waals surface area (Å²) in [5.74, 6) is -0.0879. The summed E-state index contributed by atoms with van der Waals surface area (Å²) < 4.78 is 7.44. The minimum atomic E-state index is -0.930. The lowest BCUT2D eigenvalue weighted by molar-refractivity contribution is 0.0697. The average molecular weight is 391 g/mol. The minimum absolute atomic E-state index is 0.294. The molecule has 0 aliphatic rings. The number of carboxylic acid groups (broad SMARTS) is 1. The number of aromatic carboxylic acids is 1. The first kappa shape index (κ1) is 20.3. The van der Waals surface area contributed by atoms with E-state index in [-0.39, 0.29) is 0 Å². The van der Waals surface area contributed by atoms with Crippen LogP contribution in [0.1, 0.15) is 42.0 Å². The van der Waals surface area contributed by atoms with E-state index in [1.54, 1.807) is 12.1 Å². The van der Waals surface area contributed by atoms with Crippen LogP contribution in [0.2, 0.25) is 0 Å². The quantitative estimate of drug-likeness (QED) is 0.540. The molecule has 0 radical (unpaired) electrons. The summed E-state index contributed by atoms with van der Waals surface area (Å²) in [5, 5.41) is 13.9. The third-order valence-corrected chi connectivity index (χ3v) is 4.46. The molecular weight excluding hydrogens is 366 g/mol. The molecule has 0 amide bonds. The Kier molecular flexibility index (Phi) is 6.79. The number of benzene rings is 2. The zero-order valence-corrected chi connectivity index (χ0v) is 16.7. The lowest BCUT2D eigenvalue weighted by Gasteiger charge is -2.08. The standard InChI is InChI=1S/C23H25N3O3/c1-3-5-10-21-24-23(29-15-4-2)25-26(21)16-17-11-13-18(14-12-17)19-8-6-7-9-20(19)22(27)28/h3,5-9,11-14H,4,10,15-16H2,1-2H3,(H,27,28). The number of carbonyl (C=O) groups is 1. The molecule has 0 bridgehead atoms. The first-order valence-electron chi connectivity index (χ1n) is 9.71. The molecular formula is C23H25N3O3. The Morgan fingerprint density at radius 1 is 1.17 bits per heavy atom. The molecule has 0 aliphatic heterocycles. The van der Waals surface area contributed by atoms with Gasteiger partial charge in [0, 0.05) is 6.42 Å². The predicted molar refractivity (Wildman–Crippen MR) is 112 cm³/mol. The molecule has 0 saturated heterocycles. The number of allylic oxidation sites excluding steroid dienone is 2. The molecule has 1 aromatic heterocycles. The van der Waals surface area contributed by atoms with E-state index in [0.29, 0.717) is 36.7 Å². The summed E-state index contributed by atoms with van der Waals surface area (Å²) >= 11 is 0. The van der Waals surface area contributed by atoms with Crippen LogP contribution in [-0.4, -0.2) is 32.4 Å². The summed E-state index contributed by atoms with van der Waals surface area (Å²) in [7, 11) is 0. The highest BCUT2D eigenvalue weighted by Crippen LogP contribution is 2.24. The zero-order chi connectivity index (χ0) is 20.6. The van der Waals surface area contributed by atoms with Gasteiger partial charge >= 0.3 is 12.0 Å². The van der Waals surface area contributed by atoms with Crippen molar-refractivity contribution in [3.63, 3.8) is 0 Å². The van der Waals surface area contributed by atoms with Gasteiger partial charge in [-0.3, -0.25) is 0 Å². The number of nitrogens with zero attached hydrogens (tertiary/aromatic N) is 3. The van der Waals surface area contributed by atoms with E-state index in [2.05, 4.69) is 10.1 Å². The maximum Gasteiger partial charge on any atom is 0.336 e. The van der Waals surface area contributed by atoms with Gasteiger partial charge < -0.3 is 9.84 Å². The lowest BCUT2D eigenvalue weighted by Crippen LogP contribution is -2.07. The number of ether oxygens (including phenoxy) is 1. The van der Waals surface area contributed by atoms with Crippen LogP contribution < -0.4 is 4.74 Å². The number of carboxylic acids is 1. The molecule has 0 aliphatic carbocycles. The lowest BCUT2D eigenvalue weighted by atomic mass is 9.99. The van der Waals surface area contributed by atoms with Crippen molar-refractivity contribution in [2.24, 2.45) is 0 Å². The summed E-state index contributed by atoms with van der Waals surface area (Å²) in [4.78, 5) is 16.0. The van der Waals surface area contributed by atoms with Crippen LogP contribution >= 0.6 is 0 Å². The SMILES string of the molecule is CC=CCc1nc(OCCC)nn1Cc1ccc(-c2ccccc2C(=O)O)cc1. The van der Waals surface area contributed by atoms with E-state index in [1.165, 1.54) is 0 Å². The molecule has 6 heteroatoms. The highest BCUT2D eigenvalue weighted by molar-refractivity contribution is 5.95. The number of rotatable bonds is 9. The monoisotopic (exact) mass is 391 g/mol. The van der Waals surface area contributed by atoms with Gasteiger partial charge in [0.25, 0.3) is 0 Å². The first-order valence-corrected chi connectivity index (χ1v) is 9.71. The van der Waals surface area contributed by atoms with Crippen LogP contribution in [0.3, 0.4) is 0 Å². The smallest absolute Gasteiger partial charge is 0.336 e. The van der Waals surface area contributed by atoms with Crippen LogP contribution in [0.25, 0.3) is 11.1 Å². The number of hydrogen-bond acceptors (Lipinski definition) is 4. The van der Waals surface area contributed by atoms with Gasteiger partial charge in [0.15, 0.2) is 0 Å². The molecule has 2 aromatic carbocycles. The van der Waals surface area contributed by atoms with E-state index >= 15 is 0 Å². The second-order valence-corrected chi connectivity index (χ2v) is 6.64. The van der Waals surface area contributed by atoms with Crippen LogP contribution in [0, 0.1) is 0 Å². The predicted octanol–water partition coefficient (Wildman–Crippen LogP) is 4.60. The molecule has 0 unspecified atom stereocenters. The van der Waals surface area contributed by atoms with E-state index in [9.17, 15) is 9.90 Å². The average Bonchev–Trinajstić information content (AvgIpc) is 3.12. The first-order chi connectivity index (χ1) is 14.1. The van der Waals surface area contributed by atoms with Crippen molar-refractivity contribution in [1.82, 2.24) is 14.8 Å². The van der Waals surface area contributed by atoms with Crippen molar-refractivity contribution in [1.29, 1.82) is 0 Å². The van der Waals surface area contributed by atoms with E-state index in [1.807, 2.05) is 67.1 Å². The van der Waals surface area contributed by atoms with Gasteiger partial charge in [-0.1, -0.05) is 61.5 Å². The highest BCUT2D eigenvalue weighted by Gasteiger charge is 2.12. The number of hydrogen-bond donors (Lipinski definition) is 1. The van der Waals surface area contributed by atoms with Crippen molar-refractivity contribution < 1.29 is 14.6 Å². The highest BCUT2D eigenvalue weighted by atomic mass is 16.5. The Bertz CT molecular complexity index is 991. The topological polar surface area (TPSA) is 77.2 Å². The van der Waals surface area contributed by atoms with E-state index in [0.717, 1.165) is 23.4 Å². The second kappa shape index (κ2) is 9.68. The Labute approximate surface area is 170 Å². The third kappa shape index (κ3) is 5.10. The van der Waals surface area contributed by atoms with Crippen molar-refractivity contribution in [3.8, 4) is 17.1 Å². The molecule has 0 spiro atoms. The van der Waals surface area contributed by atoms with Crippen molar-refractivity contribution in [3.05, 3.63) is 77.6 Å². The molecule has 0 fully saturated rings. The van der Waals surface area contributed by atoms with Crippen molar-refractivity contribution in [2.45, 2.75) is 33.2 Å². The summed E-state index contributed by atoms with van der Waals surface area (Å²) in [6, 6.07) is 15.3. The van der Waals surface area contributed by atoms with Crippen LogP contribution in [0.15, 0.2) is 60.7 Å². The fourth-order valence-electron chi connectivity index (χ4n) is 2.99. The molecule has 6 nitrogen and oxygen atoms in total. The second-order valence-electron chi connectivity index (χ2n) is 6.64. The fourth-order valence-corrected chi connectivity index (χ4v) is 2.99. The van der Waals surface area contributed by atoms with E-state index < -0.39 is 5.97 Å². The Hall–Kier alpha value is -3.41. The Morgan fingerprint density at radius 2 is 1.93 bits per heavy atom. The zero-order valence-electron chi connectivity index (χ0n) is 16.7. The maximum absolute atomic E-state index is 11.5. The Balaban J connectivity index is 1.82. The minimum Gasteiger partial charge on any atom is -0.478 e. The van der Waals surface area contributed by atoms with Gasteiger partial charge in [-0.15, -0.1) is 5.10 Å². The van der Waals surface area contributed by atoms with Gasteiger partial charge in [0.05, 0.1) is 18.7 Å². The summed E-state index contributed by atoms with van der Waals surface area (Å²) in [5.41, 5.74) is 2.92.